The summed E-state index contributed by atoms with van der Waals surface area (Å²) in [6.45, 7) is 6.67. The molecule has 1 atom stereocenters. The molecule has 0 amide bonds. The Kier molecular flexibility index (Phi) is 4.51. The molecule has 20 heavy (non-hydrogen) atoms. The van der Waals surface area contributed by atoms with Gasteiger partial charge in [0.2, 0.25) is 0 Å². The summed E-state index contributed by atoms with van der Waals surface area (Å²) in [5.41, 5.74) is 1.40. The first-order chi connectivity index (χ1) is 9.81. The van der Waals surface area contributed by atoms with Gasteiger partial charge in [-0.1, -0.05) is 30.3 Å². The molecule has 1 N–H and O–H groups in total. The molecule has 1 aliphatic rings. The second-order valence-electron chi connectivity index (χ2n) is 5.52. The monoisotopic (exact) mass is 286 g/mol. The highest BCUT2D eigenvalue weighted by molar-refractivity contribution is 7.11. The zero-order chi connectivity index (χ0) is 13.8. The van der Waals surface area contributed by atoms with Crippen molar-refractivity contribution in [1.29, 1.82) is 0 Å². The van der Waals surface area contributed by atoms with Crippen LogP contribution < -0.4 is 5.32 Å². The highest BCUT2D eigenvalue weighted by Crippen LogP contribution is 2.21. The van der Waals surface area contributed by atoms with Gasteiger partial charge in [0.15, 0.2) is 0 Å². The summed E-state index contributed by atoms with van der Waals surface area (Å²) in [4.78, 5) is 5.48. The van der Waals surface area contributed by atoms with Crippen LogP contribution in [0.4, 0.5) is 0 Å². The molecule has 3 heteroatoms. The minimum absolute atomic E-state index is 0.458. The van der Waals surface area contributed by atoms with Crippen molar-refractivity contribution in [3.8, 4) is 0 Å². The van der Waals surface area contributed by atoms with E-state index in [1.54, 1.807) is 0 Å². The van der Waals surface area contributed by atoms with Crippen LogP contribution in [0, 0.1) is 6.92 Å². The largest absolute Gasteiger partial charge is 0.309 e. The number of nitrogens with zero attached hydrogens (tertiary/aromatic N) is 1. The van der Waals surface area contributed by atoms with Gasteiger partial charge < -0.3 is 5.32 Å². The SMILES string of the molecule is Cc1ccc(CN2CCCNC(c3ccccc3)C2)s1. The summed E-state index contributed by atoms with van der Waals surface area (Å²) >= 11 is 1.92. The molecular weight excluding hydrogens is 264 g/mol. The third-order valence-corrected chi connectivity index (χ3v) is 4.85. The number of hydrogen-bond donors (Lipinski definition) is 1. The lowest BCUT2D eigenvalue weighted by Crippen LogP contribution is -2.30. The topological polar surface area (TPSA) is 15.3 Å². The van der Waals surface area contributed by atoms with Gasteiger partial charge in [-0.15, -0.1) is 11.3 Å². The van der Waals surface area contributed by atoms with E-state index in [9.17, 15) is 0 Å². The smallest absolute Gasteiger partial charge is 0.0449 e. The quantitative estimate of drug-likeness (QED) is 0.927. The van der Waals surface area contributed by atoms with Crippen molar-refractivity contribution in [2.24, 2.45) is 0 Å². The van der Waals surface area contributed by atoms with Gasteiger partial charge in [0.1, 0.15) is 0 Å². The number of hydrogen-bond acceptors (Lipinski definition) is 3. The van der Waals surface area contributed by atoms with Gasteiger partial charge in [0.05, 0.1) is 0 Å². The Balaban J connectivity index is 1.69. The Labute approximate surface area is 125 Å². The van der Waals surface area contributed by atoms with E-state index in [0.29, 0.717) is 6.04 Å². The van der Waals surface area contributed by atoms with Crippen LogP contribution in [-0.2, 0) is 6.54 Å². The fourth-order valence-electron chi connectivity index (χ4n) is 2.84. The lowest BCUT2D eigenvalue weighted by Gasteiger charge is -2.24. The molecule has 3 rings (SSSR count). The van der Waals surface area contributed by atoms with Crippen molar-refractivity contribution in [3.05, 3.63) is 57.8 Å². The van der Waals surface area contributed by atoms with Crippen molar-refractivity contribution in [3.63, 3.8) is 0 Å². The van der Waals surface area contributed by atoms with Crippen molar-refractivity contribution in [2.75, 3.05) is 19.6 Å². The first-order valence-electron chi connectivity index (χ1n) is 7.37. The summed E-state index contributed by atoms with van der Waals surface area (Å²) in [5.74, 6) is 0. The van der Waals surface area contributed by atoms with Crippen LogP contribution in [0.15, 0.2) is 42.5 Å². The van der Waals surface area contributed by atoms with E-state index < -0.39 is 0 Å². The van der Waals surface area contributed by atoms with Crippen molar-refractivity contribution in [1.82, 2.24) is 10.2 Å². The number of thiophene rings is 1. The summed E-state index contributed by atoms with van der Waals surface area (Å²) in [5, 5.41) is 3.68. The van der Waals surface area contributed by atoms with E-state index >= 15 is 0 Å². The Morgan fingerprint density at radius 1 is 1.20 bits per heavy atom. The van der Waals surface area contributed by atoms with E-state index in [0.717, 1.165) is 19.6 Å². The number of nitrogens with one attached hydrogen (secondary N) is 1. The van der Waals surface area contributed by atoms with E-state index in [2.05, 4.69) is 59.6 Å². The van der Waals surface area contributed by atoms with Gasteiger partial charge in [-0.05, 0) is 44.1 Å². The fraction of sp³-hybridized carbons (Fsp3) is 0.412. The molecule has 0 saturated carbocycles. The third-order valence-electron chi connectivity index (χ3n) is 3.86. The second-order valence-corrected chi connectivity index (χ2v) is 6.89. The van der Waals surface area contributed by atoms with Gasteiger partial charge >= 0.3 is 0 Å². The fourth-order valence-corrected chi connectivity index (χ4v) is 3.77. The van der Waals surface area contributed by atoms with Crippen LogP contribution in [0.25, 0.3) is 0 Å². The minimum Gasteiger partial charge on any atom is -0.309 e. The number of aryl methyl sites for hydroxylation is 1. The van der Waals surface area contributed by atoms with Crippen molar-refractivity contribution in [2.45, 2.75) is 25.9 Å². The normalized spacial score (nSPS) is 20.8. The maximum absolute atomic E-state index is 3.68. The Morgan fingerprint density at radius 2 is 2.05 bits per heavy atom. The Hall–Kier alpha value is -1.16. The zero-order valence-electron chi connectivity index (χ0n) is 12.0. The van der Waals surface area contributed by atoms with Crippen molar-refractivity contribution >= 4 is 11.3 Å². The summed E-state index contributed by atoms with van der Waals surface area (Å²) in [7, 11) is 0. The molecule has 106 valence electrons. The molecule has 2 aromatic rings. The van der Waals surface area contributed by atoms with Crippen LogP contribution in [0.3, 0.4) is 0 Å². The number of benzene rings is 1. The summed E-state index contributed by atoms with van der Waals surface area (Å²) in [6, 6.07) is 15.8. The minimum atomic E-state index is 0.458. The molecule has 1 saturated heterocycles. The molecule has 1 aliphatic heterocycles. The highest BCUT2D eigenvalue weighted by Gasteiger charge is 2.19. The van der Waals surface area contributed by atoms with Gasteiger partial charge in [0, 0.05) is 28.9 Å². The predicted molar refractivity (Wildman–Crippen MR) is 86.1 cm³/mol. The van der Waals surface area contributed by atoms with Crippen LogP contribution in [0.2, 0.25) is 0 Å². The molecular formula is C17H22N2S. The van der Waals surface area contributed by atoms with Gasteiger partial charge in [0.25, 0.3) is 0 Å². The molecule has 1 unspecified atom stereocenters. The van der Waals surface area contributed by atoms with Crippen LogP contribution in [0.5, 0.6) is 0 Å². The lowest BCUT2D eigenvalue weighted by atomic mass is 10.1. The first-order valence-corrected chi connectivity index (χ1v) is 8.19. The zero-order valence-corrected chi connectivity index (χ0v) is 12.8. The molecule has 2 heterocycles. The molecule has 1 aromatic carbocycles. The number of rotatable bonds is 3. The van der Waals surface area contributed by atoms with E-state index in [1.807, 2.05) is 11.3 Å². The van der Waals surface area contributed by atoms with Gasteiger partial charge in [-0.25, -0.2) is 0 Å². The van der Waals surface area contributed by atoms with E-state index in [4.69, 9.17) is 0 Å². The molecule has 0 aliphatic carbocycles. The molecule has 2 nitrogen and oxygen atoms in total. The standard InChI is InChI=1S/C17H22N2S/c1-14-8-9-16(20-14)12-19-11-5-10-18-17(13-19)15-6-3-2-4-7-15/h2-4,6-9,17-18H,5,10-13H2,1H3. The predicted octanol–water partition coefficient (Wildman–Crippen LogP) is 3.59. The highest BCUT2D eigenvalue weighted by atomic mass is 32.1. The van der Waals surface area contributed by atoms with Gasteiger partial charge in [-0.2, -0.15) is 0 Å². The molecule has 0 radical (unpaired) electrons. The summed E-state index contributed by atoms with van der Waals surface area (Å²) < 4.78 is 0. The maximum atomic E-state index is 3.68. The van der Waals surface area contributed by atoms with Gasteiger partial charge in [-0.3, -0.25) is 4.90 Å². The molecule has 0 bridgehead atoms. The second kappa shape index (κ2) is 6.53. The maximum Gasteiger partial charge on any atom is 0.0449 e. The van der Waals surface area contributed by atoms with Crippen LogP contribution in [-0.4, -0.2) is 24.5 Å². The Bertz CT molecular complexity index is 535. The Morgan fingerprint density at radius 3 is 2.80 bits per heavy atom. The lowest BCUT2D eigenvalue weighted by molar-refractivity contribution is 0.263. The third kappa shape index (κ3) is 3.48. The van der Waals surface area contributed by atoms with E-state index in [-0.39, 0.29) is 0 Å². The van der Waals surface area contributed by atoms with Crippen LogP contribution >= 0.6 is 11.3 Å². The average molecular weight is 286 g/mol. The average Bonchev–Trinajstić information content (AvgIpc) is 2.74. The summed E-state index contributed by atoms with van der Waals surface area (Å²) in [6.07, 6.45) is 1.23. The molecule has 0 spiro atoms. The molecule has 1 aromatic heterocycles. The van der Waals surface area contributed by atoms with E-state index in [1.165, 1.54) is 28.3 Å². The van der Waals surface area contributed by atoms with Crippen LogP contribution in [0.1, 0.15) is 27.8 Å². The van der Waals surface area contributed by atoms with Crippen molar-refractivity contribution < 1.29 is 0 Å². The molecule has 1 fully saturated rings. The first kappa shape index (κ1) is 13.8.